The van der Waals surface area contributed by atoms with Gasteiger partial charge in [0.05, 0.1) is 12.6 Å². The van der Waals surface area contributed by atoms with Gasteiger partial charge >= 0.3 is 6.09 Å². The van der Waals surface area contributed by atoms with Crippen LogP contribution in [-0.2, 0) is 4.74 Å². The summed E-state index contributed by atoms with van der Waals surface area (Å²) in [6, 6.07) is 10.6. The maximum Gasteiger partial charge on any atom is 0.426 e. The molecule has 2 fully saturated rings. The Balaban J connectivity index is 1.83. The van der Waals surface area contributed by atoms with Crippen molar-refractivity contribution < 1.29 is 9.53 Å². The van der Waals surface area contributed by atoms with Crippen LogP contribution in [0.4, 0.5) is 4.79 Å². The number of nitrogens with zero attached hydrogens (tertiary/aromatic N) is 2. The highest BCUT2D eigenvalue weighted by Crippen LogP contribution is 2.54. The highest BCUT2D eigenvalue weighted by molar-refractivity contribution is 5.71. The molecule has 0 aromatic heterocycles. The first-order valence-electron chi connectivity index (χ1n) is 8.02. The summed E-state index contributed by atoms with van der Waals surface area (Å²) in [5, 5.41) is 4.10. The maximum atomic E-state index is 12.3. The molecule has 1 aromatic carbocycles. The molecule has 1 heterocycles. The van der Waals surface area contributed by atoms with E-state index >= 15 is 0 Å². The predicted octanol–water partition coefficient (Wildman–Crippen LogP) is 4.10. The summed E-state index contributed by atoms with van der Waals surface area (Å²) in [6.07, 6.45) is 5.57. The molecule has 3 rings (SSSR count). The molecular weight excluding hydrogens is 264 g/mol. The van der Waals surface area contributed by atoms with Crippen LogP contribution in [0.5, 0.6) is 0 Å². The minimum absolute atomic E-state index is 0.0975. The molecule has 1 aliphatic carbocycles. The number of carbonyl (C=O) groups is 1. The van der Waals surface area contributed by atoms with E-state index in [1.807, 2.05) is 18.0 Å². The largest absolute Gasteiger partial charge is 0.449 e. The Morgan fingerprint density at radius 3 is 2.52 bits per heavy atom. The van der Waals surface area contributed by atoms with E-state index in [1.165, 1.54) is 24.8 Å². The van der Waals surface area contributed by atoms with Gasteiger partial charge in [-0.15, -0.1) is 0 Å². The summed E-state index contributed by atoms with van der Waals surface area (Å²) in [5.74, 6) is 0. The molecule has 1 amide bonds. The molecule has 2 aliphatic rings. The van der Waals surface area contributed by atoms with Gasteiger partial charge in [-0.3, -0.25) is 0 Å². The predicted molar refractivity (Wildman–Crippen MR) is 81.4 cm³/mol. The van der Waals surface area contributed by atoms with Crippen LogP contribution in [0.3, 0.4) is 0 Å². The van der Waals surface area contributed by atoms with Gasteiger partial charge in [-0.25, -0.2) is 9.80 Å². The number of benzene rings is 1. The molecule has 1 saturated carbocycles. The van der Waals surface area contributed by atoms with Gasteiger partial charge in [-0.05, 0) is 45.1 Å². The van der Waals surface area contributed by atoms with E-state index in [4.69, 9.17) is 4.74 Å². The van der Waals surface area contributed by atoms with E-state index in [1.54, 1.807) is 0 Å². The maximum absolute atomic E-state index is 12.3. The molecule has 0 bridgehead atoms. The number of ether oxygens (including phenoxy) is 1. The molecule has 0 radical (unpaired) electrons. The van der Waals surface area contributed by atoms with Crippen LogP contribution >= 0.6 is 0 Å². The minimum Gasteiger partial charge on any atom is -0.449 e. The Morgan fingerprint density at radius 2 is 1.90 bits per heavy atom. The fourth-order valence-corrected chi connectivity index (χ4v) is 3.71. The third-order valence-electron chi connectivity index (χ3n) is 4.74. The van der Waals surface area contributed by atoms with E-state index < -0.39 is 0 Å². The Morgan fingerprint density at radius 1 is 1.24 bits per heavy atom. The van der Waals surface area contributed by atoms with E-state index in [0.717, 1.165) is 12.8 Å². The zero-order valence-corrected chi connectivity index (χ0v) is 12.9. The van der Waals surface area contributed by atoms with Crippen molar-refractivity contribution in [2.24, 2.45) is 0 Å². The minimum atomic E-state index is -0.192. The smallest absolute Gasteiger partial charge is 0.426 e. The van der Waals surface area contributed by atoms with Crippen molar-refractivity contribution in [2.75, 3.05) is 6.61 Å². The van der Waals surface area contributed by atoms with Crippen LogP contribution in [0.15, 0.2) is 30.3 Å². The fraction of sp³-hybridized carbons (Fsp3) is 0.588. The standard InChI is InChI=1S/C17H24N2O2/c1-3-21-16(20)19-17(12-8-5-9-13-17)18(19)14(2)15-10-6-4-7-11-15/h4,6-7,10-11,14H,3,5,8-9,12-13H2,1-2H3/t14-,18?,19?/m1/s1. The monoisotopic (exact) mass is 288 g/mol. The quantitative estimate of drug-likeness (QED) is 0.785. The lowest BCUT2D eigenvalue weighted by Gasteiger charge is -2.21. The molecule has 1 spiro atoms. The third kappa shape index (κ3) is 2.42. The van der Waals surface area contributed by atoms with E-state index in [0.29, 0.717) is 6.61 Å². The van der Waals surface area contributed by atoms with Gasteiger partial charge in [0.1, 0.15) is 5.66 Å². The van der Waals surface area contributed by atoms with Crippen molar-refractivity contribution in [3.63, 3.8) is 0 Å². The fourth-order valence-electron chi connectivity index (χ4n) is 3.71. The average Bonchev–Trinajstić information content (AvgIpc) is 3.15. The number of hydrazine groups is 1. The van der Waals surface area contributed by atoms with Crippen molar-refractivity contribution >= 4 is 6.09 Å². The zero-order chi connectivity index (χ0) is 14.9. The summed E-state index contributed by atoms with van der Waals surface area (Å²) in [5.41, 5.74) is 1.15. The Hall–Kier alpha value is -1.55. The van der Waals surface area contributed by atoms with Gasteiger partial charge in [0.15, 0.2) is 0 Å². The normalized spacial score (nSPS) is 24.7. The number of rotatable bonds is 3. The molecule has 4 nitrogen and oxygen atoms in total. The van der Waals surface area contributed by atoms with Gasteiger partial charge in [0, 0.05) is 0 Å². The number of carbonyl (C=O) groups excluding carboxylic acids is 1. The average molecular weight is 288 g/mol. The van der Waals surface area contributed by atoms with Crippen molar-refractivity contribution in [3.05, 3.63) is 35.9 Å². The van der Waals surface area contributed by atoms with Crippen LogP contribution in [0.1, 0.15) is 57.6 Å². The molecule has 114 valence electrons. The van der Waals surface area contributed by atoms with Crippen LogP contribution < -0.4 is 0 Å². The van der Waals surface area contributed by atoms with Gasteiger partial charge in [-0.1, -0.05) is 36.8 Å². The topological polar surface area (TPSA) is 32.3 Å². The third-order valence-corrected chi connectivity index (χ3v) is 4.74. The lowest BCUT2D eigenvalue weighted by molar-refractivity contribution is 0.111. The van der Waals surface area contributed by atoms with Crippen molar-refractivity contribution in [1.29, 1.82) is 0 Å². The molecule has 0 N–H and O–H groups in total. The Bertz CT molecular complexity index is 497. The van der Waals surface area contributed by atoms with Crippen LogP contribution in [0, 0.1) is 0 Å². The lowest BCUT2D eigenvalue weighted by atomic mass is 9.91. The summed E-state index contributed by atoms with van der Waals surface area (Å²) < 4.78 is 5.25. The Kier molecular flexibility index (Phi) is 3.89. The van der Waals surface area contributed by atoms with Crippen LogP contribution in [-0.4, -0.2) is 28.4 Å². The second kappa shape index (κ2) is 5.68. The molecule has 4 heteroatoms. The van der Waals surface area contributed by atoms with Crippen molar-refractivity contribution in [3.8, 4) is 0 Å². The summed E-state index contributed by atoms with van der Waals surface area (Å²) >= 11 is 0. The van der Waals surface area contributed by atoms with Gasteiger partial charge in [-0.2, -0.15) is 5.01 Å². The molecular formula is C17H24N2O2. The van der Waals surface area contributed by atoms with Gasteiger partial charge in [0.25, 0.3) is 0 Å². The highest BCUT2D eigenvalue weighted by atomic mass is 16.6. The first-order valence-corrected chi connectivity index (χ1v) is 8.02. The molecule has 1 aromatic rings. The number of hydrogen-bond acceptors (Lipinski definition) is 3. The zero-order valence-electron chi connectivity index (χ0n) is 12.9. The summed E-state index contributed by atoms with van der Waals surface area (Å²) in [6.45, 7) is 4.46. The van der Waals surface area contributed by atoms with E-state index in [2.05, 4.69) is 36.2 Å². The molecule has 1 aliphatic heterocycles. The second-order valence-corrected chi connectivity index (χ2v) is 5.99. The lowest BCUT2D eigenvalue weighted by Crippen LogP contribution is -2.26. The van der Waals surface area contributed by atoms with Crippen LogP contribution in [0.25, 0.3) is 0 Å². The van der Waals surface area contributed by atoms with Crippen molar-refractivity contribution in [1.82, 2.24) is 10.0 Å². The highest BCUT2D eigenvalue weighted by Gasteiger charge is 2.66. The number of hydrogen-bond donors (Lipinski definition) is 0. The Labute approximate surface area is 126 Å². The second-order valence-electron chi connectivity index (χ2n) is 5.99. The molecule has 1 saturated heterocycles. The van der Waals surface area contributed by atoms with Gasteiger partial charge < -0.3 is 4.74 Å². The van der Waals surface area contributed by atoms with Gasteiger partial charge in [0.2, 0.25) is 0 Å². The first-order chi connectivity index (χ1) is 10.2. The SMILES string of the molecule is CCOC(=O)N1N([C@H](C)c2ccccc2)C12CCCCC2. The molecule has 21 heavy (non-hydrogen) atoms. The summed E-state index contributed by atoms with van der Waals surface area (Å²) in [7, 11) is 0. The van der Waals surface area contributed by atoms with Crippen LogP contribution in [0.2, 0.25) is 0 Å². The van der Waals surface area contributed by atoms with Crippen molar-refractivity contribution in [2.45, 2.75) is 57.7 Å². The molecule has 2 atom stereocenters. The van der Waals surface area contributed by atoms with E-state index in [-0.39, 0.29) is 17.8 Å². The first kappa shape index (κ1) is 14.4. The molecule has 1 unspecified atom stereocenters. The number of amides is 1. The summed E-state index contributed by atoms with van der Waals surface area (Å²) in [4.78, 5) is 12.3. The van der Waals surface area contributed by atoms with E-state index in [9.17, 15) is 4.79 Å².